The van der Waals surface area contributed by atoms with E-state index in [4.69, 9.17) is 0 Å². The monoisotopic (exact) mass is 493 g/mol. The normalized spacial score (nSPS) is 11.1. The molecular formula is C20H28IN7. The number of halogens is 1. The molecule has 3 aromatic rings. The highest BCUT2D eigenvalue weighted by atomic mass is 127. The molecule has 3 rings (SSSR count). The summed E-state index contributed by atoms with van der Waals surface area (Å²) in [6, 6.07) is 16.4. The van der Waals surface area contributed by atoms with E-state index >= 15 is 0 Å². The van der Waals surface area contributed by atoms with E-state index in [-0.39, 0.29) is 24.0 Å². The average Bonchev–Trinajstić information content (AvgIpc) is 3.14. The lowest BCUT2D eigenvalue weighted by Gasteiger charge is -2.23. The van der Waals surface area contributed by atoms with Gasteiger partial charge in [0, 0.05) is 38.6 Å². The highest BCUT2D eigenvalue weighted by molar-refractivity contribution is 14.0. The number of benzene rings is 1. The van der Waals surface area contributed by atoms with E-state index in [9.17, 15) is 0 Å². The van der Waals surface area contributed by atoms with Gasteiger partial charge in [-0.2, -0.15) is 0 Å². The van der Waals surface area contributed by atoms with Crippen molar-refractivity contribution in [3.05, 3.63) is 60.6 Å². The van der Waals surface area contributed by atoms with Crippen LogP contribution in [-0.4, -0.2) is 47.2 Å². The Bertz CT molecular complexity index is 863. The van der Waals surface area contributed by atoms with Crippen LogP contribution >= 0.6 is 24.0 Å². The Hall–Kier alpha value is -2.36. The van der Waals surface area contributed by atoms with Crippen LogP contribution in [0.4, 0.5) is 5.69 Å². The number of nitrogens with one attached hydrogen (secondary N) is 2. The van der Waals surface area contributed by atoms with Gasteiger partial charge in [0.15, 0.2) is 17.4 Å². The molecule has 0 bridgehead atoms. The molecule has 0 unspecified atom stereocenters. The molecule has 2 heterocycles. The van der Waals surface area contributed by atoms with Gasteiger partial charge in [-0.1, -0.05) is 24.3 Å². The largest absolute Gasteiger partial charge is 0.372 e. The first-order chi connectivity index (χ1) is 13.3. The quantitative estimate of drug-likeness (QED) is 0.219. The van der Waals surface area contributed by atoms with Crippen molar-refractivity contribution in [2.45, 2.75) is 19.9 Å². The standard InChI is InChI=1S/C20H27N7.HI/c1-3-26(17-10-5-4-6-11-17)14-9-13-22-20(21-2)23-16-19-25-24-18-12-7-8-15-27(18)19;/h4-8,10-12,15H,3,9,13-14,16H2,1-2H3,(H2,21,22,23);1H. The second-order valence-corrected chi connectivity index (χ2v) is 6.17. The predicted molar refractivity (Wildman–Crippen MR) is 126 cm³/mol. The van der Waals surface area contributed by atoms with Gasteiger partial charge in [-0.15, -0.1) is 34.2 Å². The fraction of sp³-hybridized carbons (Fsp3) is 0.350. The van der Waals surface area contributed by atoms with Crippen molar-refractivity contribution >= 4 is 41.3 Å². The molecule has 1 aromatic carbocycles. The van der Waals surface area contributed by atoms with Gasteiger partial charge in [0.2, 0.25) is 0 Å². The zero-order valence-corrected chi connectivity index (χ0v) is 18.7. The molecule has 0 amide bonds. The number of anilines is 1. The van der Waals surface area contributed by atoms with E-state index in [0.29, 0.717) is 6.54 Å². The summed E-state index contributed by atoms with van der Waals surface area (Å²) in [5, 5.41) is 15.1. The van der Waals surface area contributed by atoms with Crippen LogP contribution in [0.5, 0.6) is 0 Å². The summed E-state index contributed by atoms with van der Waals surface area (Å²) < 4.78 is 1.97. The Morgan fingerprint density at radius 1 is 1.07 bits per heavy atom. The number of aliphatic imine (C=N–C) groups is 1. The summed E-state index contributed by atoms with van der Waals surface area (Å²) in [6.45, 7) is 5.60. The summed E-state index contributed by atoms with van der Waals surface area (Å²) in [5.41, 5.74) is 2.11. The number of rotatable bonds is 8. The lowest BCUT2D eigenvalue weighted by molar-refractivity contribution is 0.702. The van der Waals surface area contributed by atoms with Crippen molar-refractivity contribution in [1.29, 1.82) is 0 Å². The van der Waals surface area contributed by atoms with Gasteiger partial charge in [0.25, 0.3) is 0 Å². The fourth-order valence-electron chi connectivity index (χ4n) is 2.98. The molecular weight excluding hydrogens is 465 g/mol. The van der Waals surface area contributed by atoms with E-state index in [1.807, 2.05) is 34.9 Å². The summed E-state index contributed by atoms with van der Waals surface area (Å²) in [6.07, 6.45) is 2.99. The molecule has 2 aromatic heterocycles. The van der Waals surface area contributed by atoms with Crippen molar-refractivity contribution < 1.29 is 0 Å². The first kappa shape index (κ1) is 21.9. The van der Waals surface area contributed by atoms with Crippen molar-refractivity contribution in [2.24, 2.45) is 4.99 Å². The summed E-state index contributed by atoms with van der Waals surface area (Å²) in [4.78, 5) is 6.66. The van der Waals surface area contributed by atoms with Crippen molar-refractivity contribution in [3.8, 4) is 0 Å². The molecule has 0 radical (unpaired) electrons. The van der Waals surface area contributed by atoms with Gasteiger partial charge in [-0.05, 0) is 37.6 Å². The molecule has 0 aliphatic heterocycles. The number of fused-ring (bicyclic) bond motifs is 1. The van der Waals surface area contributed by atoms with Crippen molar-refractivity contribution in [2.75, 3.05) is 31.6 Å². The topological polar surface area (TPSA) is 69.8 Å². The minimum Gasteiger partial charge on any atom is -0.372 e. The maximum atomic E-state index is 4.29. The first-order valence-corrected chi connectivity index (χ1v) is 9.35. The minimum absolute atomic E-state index is 0. The van der Waals surface area contributed by atoms with Gasteiger partial charge in [0.1, 0.15) is 0 Å². The first-order valence-electron chi connectivity index (χ1n) is 9.35. The van der Waals surface area contributed by atoms with Crippen LogP contribution in [0.1, 0.15) is 19.2 Å². The molecule has 7 nitrogen and oxygen atoms in total. The smallest absolute Gasteiger partial charge is 0.191 e. The summed E-state index contributed by atoms with van der Waals surface area (Å²) in [5.74, 6) is 1.63. The molecule has 0 saturated carbocycles. The third-order valence-corrected chi connectivity index (χ3v) is 4.42. The molecule has 0 aliphatic carbocycles. The Balaban J connectivity index is 0.00000280. The number of para-hydroxylation sites is 1. The number of guanidine groups is 1. The molecule has 0 aliphatic rings. The van der Waals surface area contributed by atoms with Crippen LogP contribution in [0.3, 0.4) is 0 Å². The Kier molecular flexibility index (Phi) is 8.99. The molecule has 2 N–H and O–H groups in total. The lowest BCUT2D eigenvalue weighted by Crippen LogP contribution is -2.38. The molecule has 0 saturated heterocycles. The van der Waals surface area contributed by atoms with Gasteiger partial charge < -0.3 is 15.5 Å². The minimum atomic E-state index is 0. The van der Waals surface area contributed by atoms with E-state index < -0.39 is 0 Å². The highest BCUT2D eigenvalue weighted by Gasteiger charge is 2.06. The summed E-state index contributed by atoms with van der Waals surface area (Å²) in [7, 11) is 1.78. The Morgan fingerprint density at radius 3 is 2.61 bits per heavy atom. The predicted octanol–water partition coefficient (Wildman–Crippen LogP) is 2.93. The average molecular weight is 493 g/mol. The molecule has 0 spiro atoms. The second-order valence-electron chi connectivity index (χ2n) is 6.17. The molecule has 150 valence electrons. The lowest BCUT2D eigenvalue weighted by atomic mass is 10.2. The molecule has 28 heavy (non-hydrogen) atoms. The third kappa shape index (κ3) is 5.82. The maximum Gasteiger partial charge on any atom is 0.191 e. The number of hydrogen-bond donors (Lipinski definition) is 2. The molecule has 0 atom stereocenters. The number of nitrogens with zero attached hydrogens (tertiary/aromatic N) is 5. The van der Waals surface area contributed by atoms with E-state index in [1.54, 1.807) is 7.05 Å². The van der Waals surface area contributed by atoms with Crippen LogP contribution < -0.4 is 15.5 Å². The van der Waals surface area contributed by atoms with Gasteiger partial charge in [-0.25, -0.2) is 0 Å². The Morgan fingerprint density at radius 2 is 1.86 bits per heavy atom. The van der Waals surface area contributed by atoms with E-state index in [0.717, 1.165) is 43.5 Å². The van der Waals surface area contributed by atoms with Crippen LogP contribution in [-0.2, 0) is 6.54 Å². The van der Waals surface area contributed by atoms with Crippen molar-refractivity contribution in [3.63, 3.8) is 0 Å². The van der Waals surface area contributed by atoms with Gasteiger partial charge in [0.05, 0.1) is 6.54 Å². The SMILES string of the molecule is CCN(CCCNC(=NC)NCc1nnc2ccccn12)c1ccccc1.I. The number of aromatic nitrogens is 3. The zero-order valence-electron chi connectivity index (χ0n) is 16.4. The second kappa shape index (κ2) is 11.5. The van der Waals surface area contributed by atoms with Gasteiger partial charge in [-0.3, -0.25) is 9.39 Å². The number of pyridine rings is 1. The number of hydrogen-bond acceptors (Lipinski definition) is 4. The molecule has 0 fully saturated rings. The zero-order chi connectivity index (χ0) is 18.9. The third-order valence-electron chi connectivity index (χ3n) is 4.42. The van der Waals surface area contributed by atoms with Crippen molar-refractivity contribution in [1.82, 2.24) is 25.2 Å². The molecule has 8 heteroatoms. The van der Waals surface area contributed by atoms with E-state index in [2.05, 4.69) is 61.9 Å². The van der Waals surface area contributed by atoms with E-state index in [1.165, 1.54) is 5.69 Å². The van der Waals surface area contributed by atoms with Crippen LogP contribution in [0.25, 0.3) is 5.65 Å². The summed E-state index contributed by atoms with van der Waals surface area (Å²) >= 11 is 0. The van der Waals surface area contributed by atoms with Crippen LogP contribution in [0.15, 0.2) is 59.7 Å². The highest BCUT2D eigenvalue weighted by Crippen LogP contribution is 2.12. The van der Waals surface area contributed by atoms with Crippen LogP contribution in [0, 0.1) is 0 Å². The van der Waals surface area contributed by atoms with Gasteiger partial charge >= 0.3 is 0 Å². The maximum absolute atomic E-state index is 4.29. The van der Waals surface area contributed by atoms with Crippen LogP contribution in [0.2, 0.25) is 0 Å². The Labute approximate surface area is 183 Å². The fourth-order valence-corrected chi connectivity index (χ4v) is 2.98.